The molecule has 1 aliphatic heterocycles. The van der Waals surface area contributed by atoms with E-state index in [0.29, 0.717) is 25.2 Å². The van der Waals surface area contributed by atoms with Crippen molar-refractivity contribution in [2.75, 3.05) is 32.7 Å². The first kappa shape index (κ1) is 15.4. The summed E-state index contributed by atoms with van der Waals surface area (Å²) in [5.74, 6) is 0.0718. The fourth-order valence-electron chi connectivity index (χ4n) is 2.36. The lowest BCUT2D eigenvalue weighted by Crippen LogP contribution is -2.51. The predicted octanol–water partition coefficient (Wildman–Crippen LogP) is 0.364. The molecule has 6 nitrogen and oxygen atoms in total. The van der Waals surface area contributed by atoms with E-state index in [1.807, 2.05) is 18.7 Å². The van der Waals surface area contributed by atoms with Gasteiger partial charge >= 0.3 is 0 Å². The molecule has 1 aliphatic rings. The Morgan fingerprint density at radius 2 is 1.81 bits per heavy atom. The Bertz CT molecular complexity index is 482. The molecular weight excluding hydrogens is 268 g/mol. The number of aromatic nitrogens is 1. The van der Waals surface area contributed by atoms with Crippen LogP contribution in [0.15, 0.2) is 24.5 Å². The number of hydrogen-bond donors (Lipinski definition) is 1. The van der Waals surface area contributed by atoms with E-state index in [1.165, 1.54) is 0 Å². The molecule has 6 heteroatoms. The second kappa shape index (κ2) is 7.17. The van der Waals surface area contributed by atoms with E-state index in [1.54, 1.807) is 24.5 Å². The zero-order chi connectivity index (χ0) is 15.2. The zero-order valence-electron chi connectivity index (χ0n) is 12.6. The minimum atomic E-state index is 0.0312. The number of pyridine rings is 1. The second-order valence-electron chi connectivity index (χ2n) is 5.53. The van der Waals surface area contributed by atoms with Crippen molar-refractivity contribution >= 4 is 11.8 Å². The number of rotatable bonds is 4. The highest BCUT2D eigenvalue weighted by molar-refractivity contribution is 5.94. The highest BCUT2D eigenvalue weighted by Gasteiger charge is 2.23. The smallest absolute Gasteiger partial charge is 0.254 e. The average molecular weight is 290 g/mol. The van der Waals surface area contributed by atoms with Crippen LogP contribution >= 0.6 is 0 Å². The first-order chi connectivity index (χ1) is 10.1. The summed E-state index contributed by atoms with van der Waals surface area (Å²) >= 11 is 0. The van der Waals surface area contributed by atoms with Gasteiger partial charge < -0.3 is 10.2 Å². The molecule has 0 saturated carbocycles. The van der Waals surface area contributed by atoms with Gasteiger partial charge in [-0.15, -0.1) is 0 Å². The molecule has 1 saturated heterocycles. The van der Waals surface area contributed by atoms with Crippen LogP contribution in [0.25, 0.3) is 0 Å². The fourth-order valence-corrected chi connectivity index (χ4v) is 2.36. The Kier molecular flexibility index (Phi) is 5.27. The summed E-state index contributed by atoms with van der Waals surface area (Å²) in [7, 11) is 0. The SMILES string of the molecule is CC(C)NC(=O)CN1CCN(C(=O)c2ccncc2)CC1. The van der Waals surface area contributed by atoms with Crippen LogP contribution in [-0.2, 0) is 4.79 Å². The molecule has 2 amide bonds. The molecule has 0 bridgehead atoms. The van der Waals surface area contributed by atoms with Gasteiger partial charge in [-0.2, -0.15) is 0 Å². The summed E-state index contributed by atoms with van der Waals surface area (Å²) in [4.78, 5) is 31.8. The van der Waals surface area contributed by atoms with Gasteiger partial charge in [-0.1, -0.05) is 0 Å². The van der Waals surface area contributed by atoms with Gasteiger partial charge in [0.2, 0.25) is 5.91 Å². The van der Waals surface area contributed by atoms with Crippen LogP contribution in [0.3, 0.4) is 0 Å². The van der Waals surface area contributed by atoms with Crippen molar-refractivity contribution in [1.29, 1.82) is 0 Å². The summed E-state index contributed by atoms with van der Waals surface area (Å²) in [6.45, 7) is 7.04. The van der Waals surface area contributed by atoms with Crippen LogP contribution in [0, 0.1) is 0 Å². The molecule has 1 N–H and O–H groups in total. The van der Waals surface area contributed by atoms with Crippen molar-refractivity contribution in [1.82, 2.24) is 20.1 Å². The lowest BCUT2D eigenvalue weighted by molar-refractivity contribution is -0.123. The Labute approximate surface area is 125 Å². The third-order valence-corrected chi connectivity index (χ3v) is 3.40. The minimum absolute atomic E-state index is 0.0312. The van der Waals surface area contributed by atoms with Crippen molar-refractivity contribution in [2.45, 2.75) is 19.9 Å². The zero-order valence-corrected chi connectivity index (χ0v) is 12.6. The van der Waals surface area contributed by atoms with Gasteiger partial charge in [0, 0.05) is 50.2 Å². The molecule has 0 unspecified atom stereocenters. The summed E-state index contributed by atoms with van der Waals surface area (Å²) in [6, 6.07) is 3.61. The molecule has 0 aliphatic carbocycles. The maximum Gasteiger partial charge on any atom is 0.254 e. The molecule has 21 heavy (non-hydrogen) atoms. The standard InChI is InChI=1S/C15H22N4O2/c1-12(2)17-14(20)11-18-7-9-19(10-8-18)15(21)13-3-5-16-6-4-13/h3-6,12H,7-11H2,1-2H3,(H,17,20). The van der Waals surface area contributed by atoms with Crippen molar-refractivity contribution in [3.8, 4) is 0 Å². The molecule has 1 aromatic heterocycles. The topological polar surface area (TPSA) is 65.5 Å². The predicted molar refractivity (Wildman–Crippen MR) is 79.9 cm³/mol. The van der Waals surface area contributed by atoms with E-state index < -0.39 is 0 Å². The molecule has 0 radical (unpaired) electrons. The molecule has 2 rings (SSSR count). The van der Waals surface area contributed by atoms with Crippen molar-refractivity contribution in [2.24, 2.45) is 0 Å². The van der Waals surface area contributed by atoms with Gasteiger partial charge in [-0.3, -0.25) is 19.5 Å². The molecule has 0 aromatic carbocycles. The number of piperazine rings is 1. The normalized spacial score (nSPS) is 16.0. The Morgan fingerprint density at radius 3 is 2.38 bits per heavy atom. The largest absolute Gasteiger partial charge is 0.353 e. The van der Waals surface area contributed by atoms with Crippen LogP contribution < -0.4 is 5.32 Å². The number of carbonyl (C=O) groups excluding carboxylic acids is 2. The monoisotopic (exact) mass is 290 g/mol. The van der Waals surface area contributed by atoms with E-state index >= 15 is 0 Å². The van der Waals surface area contributed by atoms with E-state index in [9.17, 15) is 9.59 Å². The molecule has 0 spiro atoms. The lowest BCUT2D eigenvalue weighted by Gasteiger charge is -2.34. The van der Waals surface area contributed by atoms with Crippen LogP contribution in [0.1, 0.15) is 24.2 Å². The second-order valence-corrected chi connectivity index (χ2v) is 5.53. The molecule has 2 heterocycles. The van der Waals surface area contributed by atoms with Crippen LogP contribution in [0.5, 0.6) is 0 Å². The molecule has 1 fully saturated rings. The van der Waals surface area contributed by atoms with E-state index in [-0.39, 0.29) is 17.9 Å². The fraction of sp³-hybridized carbons (Fsp3) is 0.533. The van der Waals surface area contributed by atoms with Gasteiger partial charge in [0.1, 0.15) is 0 Å². The quantitative estimate of drug-likeness (QED) is 0.870. The summed E-state index contributed by atoms with van der Waals surface area (Å²) in [5, 5.41) is 2.88. The third-order valence-electron chi connectivity index (χ3n) is 3.40. The maximum atomic E-state index is 12.3. The summed E-state index contributed by atoms with van der Waals surface area (Å²) in [6.07, 6.45) is 3.25. The Hall–Kier alpha value is -1.95. The average Bonchev–Trinajstić information content (AvgIpc) is 2.47. The van der Waals surface area contributed by atoms with Crippen molar-refractivity contribution in [3.05, 3.63) is 30.1 Å². The lowest BCUT2D eigenvalue weighted by atomic mass is 10.2. The van der Waals surface area contributed by atoms with Gasteiger partial charge in [0.05, 0.1) is 6.54 Å². The molecule has 1 aromatic rings. The number of carbonyl (C=O) groups is 2. The minimum Gasteiger partial charge on any atom is -0.353 e. The highest BCUT2D eigenvalue weighted by Crippen LogP contribution is 2.07. The Balaban J connectivity index is 1.81. The third kappa shape index (κ3) is 4.53. The van der Waals surface area contributed by atoms with Crippen LogP contribution in [0.4, 0.5) is 0 Å². The van der Waals surface area contributed by atoms with Crippen molar-refractivity contribution < 1.29 is 9.59 Å². The van der Waals surface area contributed by atoms with E-state index in [0.717, 1.165) is 13.1 Å². The van der Waals surface area contributed by atoms with Crippen LogP contribution in [-0.4, -0.2) is 65.4 Å². The summed E-state index contributed by atoms with van der Waals surface area (Å²) < 4.78 is 0. The number of hydrogen-bond acceptors (Lipinski definition) is 4. The molecule has 0 atom stereocenters. The first-order valence-corrected chi connectivity index (χ1v) is 7.27. The highest BCUT2D eigenvalue weighted by atomic mass is 16.2. The Morgan fingerprint density at radius 1 is 1.19 bits per heavy atom. The summed E-state index contributed by atoms with van der Waals surface area (Å²) in [5.41, 5.74) is 0.663. The number of nitrogens with zero attached hydrogens (tertiary/aromatic N) is 3. The van der Waals surface area contributed by atoms with Gasteiger partial charge in [0.25, 0.3) is 5.91 Å². The molecule has 114 valence electrons. The number of amides is 2. The first-order valence-electron chi connectivity index (χ1n) is 7.27. The van der Waals surface area contributed by atoms with Gasteiger partial charge in [-0.25, -0.2) is 0 Å². The van der Waals surface area contributed by atoms with E-state index in [2.05, 4.69) is 15.2 Å². The van der Waals surface area contributed by atoms with Gasteiger partial charge in [0.15, 0.2) is 0 Å². The van der Waals surface area contributed by atoms with Gasteiger partial charge in [-0.05, 0) is 26.0 Å². The maximum absolute atomic E-state index is 12.3. The van der Waals surface area contributed by atoms with Crippen LogP contribution in [0.2, 0.25) is 0 Å². The van der Waals surface area contributed by atoms with Crippen molar-refractivity contribution in [3.63, 3.8) is 0 Å². The number of nitrogens with one attached hydrogen (secondary N) is 1. The van der Waals surface area contributed by atoms with E-state index in [4.69, 9.17) is 0 Å². The molecular formula is C15H22N4O2.